The molecule has 0 unspecified atom stereocenters. The fraction of sp³-hybridized carbons (Fsp3) is 0.500. The van der Waals surface area contributed by atoms with Gasteiger partial charge < -0.3 is 0 Å². The Labute approximate surface area is 177 Å². The van der Waals surface area contributed by atoms with Gasteiger partial charge in [-0.2, -0.15) is 0 Å². The molecule has 0 bridgehead atoms. The molecule has 0 radical (unpaired) electrons. The first-order chi connectivity index (χ1) is 14.1. The highest BCUT2D eigenvalue weighted by Gasteiger charge is 2.34. The molecule has 7 heteroatoms. The monoisotopic (exact) mass is 410 g/mol. The van der Waals surface area contributed by atoms with Crippen LogP contribution < -0.4 is 0 Å². The van der Waals surface area contributed by atoms with E-state index in [2.05, 4.69) is 93.9 Å². The first-order valence-corrected chi connectivity index (χ1v) is 11.3. The van der Waals surface area contributed by atoms with Crippen LogP contribution in [0.25, 0.3) is 0 Å². The summed E-state index contributed by atoms with van der Waals surface area (Å²) in [5.74, 6) is 0.954. The van der Waals surface area contributed by atoms with Crippen molar-refractivity contribution in [3.05, 3.63) is 64.1 Å². The second-order valence-electron chi connectivity index (χ2n) is 8.33. The number of nitrogens with zero attached hydrogens (tertiary/aromatic N) is 6. The van der Waals surface area contributed by atoms with Crippen LogP contribution in [0.15, 0.2) is 47.8 Å². The Morgan fingerprint density at radius 3 is 2.45 bits per heavy atom. The van der Waals surface area contributed by atoms with Gasteiger partial charge in [-0.3, -0.25) is 9.80 Å². The van der Waals surface area contributed by atoms with Gasteiger partial charge in [-0.1, -0.05) is 43.3 Å². The van der Waals surface area contributed by atoms with Crippen LogP contribution in [0.2, 0.25) is 0 Å². The van der Waals surface area contributed by atoms with E-state index in [0.29, 0.717) is 0 Å². The number of rotatable bonds is 7. The first-order valence-electron chi connectivity index (χ1n) is 10.4. The molecule has 1 aromatic carbocycles. The smallest absolute Gasteiger partial charge is 0.174 e. The van der Waals surface area contributed by atoms with Crippen LogP contribution in [-0.4, -0.2) is 56.2 Å². The zero-order valence-electron chi connectivity index (χ0n) is 17.5. The molecule has 0 saturated carbocycles. The van der Waals surface area contributed by atoms with Gasteiger partial charge in [-0.15, -0.1) is 16.4 Å². The lowest BCUT2D eigenvalue weighted by Gasteiger charge is -2.39. The molecule has 1 aliphatic heterocycles. The van der Waals surface area contributed by atoms with Gasteiger partial charge in [0.15, 0.2) is 5.82 Å². The Morgan fingerprint density at radius 1 is 1.03 bits per heavy atom. The molecule has 1 saturated heterocycles. The normalized spacial score (nSPS) is 17.5. The van der Waals surface area contributed by atoms with Crippen molar-refractivity contribution in [3.63, 3.8) is 0 Å². The average Bonchev–Trinajstić information content (AvgIpc) is 3.43. The Morgan fingerprint density at radius 2 is 1.79 bits per heavy atom. The molecule has 29 heavy (non-hydrogen) atoms. The van der Waals surface area contributed by atoms with Crippen molar-refractivity contribution in [2.75, 3.05) is 26.2 Å². The molecule has 1 atom stereocenters. The van der Waals surface area contributed by atoms with Crippen molar-refractivity contribution in [2.45, 2.75) is 45.3 Å². The van der Waals surface area contributed by atoms with Crippen LogP contribution in [0.3, 0.4) is 0 Å². The number of hydrogen-bond donors (Lipinski definition) is 0. The summed E-state index contributed by atoms with van der Waals surface area (Å²) in [5, 5.41) is 15.1. The highest BCUT2D eigenvalue weighted by Crippen LogP contribution is 2.33. The summed E-state index contributed by atoms with van der Waals surface area (Å²) in [6, 6.07) is 15.2. The van der Waals surface area contributed by atoms with Crippen LogP contribution >= 0.6 is 11.3 Å². The zero-order chi connectivity index (χ0) is 20.3. The van der Waals surface area contributed by atoms with Gasteiger partial charge in [-0.05, 0) is 47.7 Å². The number of tetrazole rings is 1. The van der Waals surface area contributed by atoms with Crippen LogP contribution in [-0.2, 0) is 12.1 Å². The highest BCUT2D eigenvalue weighted by molar-refractivity contribution is 7.10. The largest absolute Gasteiger partial charge is 0.297 e. The van der Waals surface area contributed by atoms with Crippen LogP contribution in [0.4, 0.5) is 0 Å². The molecule has 0 amide bonds. The minimum absolute atomic E-state index is 0.106. The molecule has 154 valence electrons. The summed E-state index contributed by atoms with van der Waals surface area (Å²) in [5.41, 5.74) is 1.27. The minimum Gasteiger partial charge on any atom is -0.297 e. The van der Waals surface area contributed by atoms with E-state index in [-0.39, 0.29) is 11.6 Å². The highest BCUT2D eigenvalue weighted by atomic mass is 32.1. The topological polar surface area (TPSA) is 50.1 Å². The molecule has 6 nitrogen and oxygen atoms in total. The predicted octanol–water partition coefficient (Wildman–Crippen LogP) is 3.79. The molecular formula is C22H30N6S. The quantitative estimate of drug-likeness (QED) is 0.593. The van der Waals surface area contributed by atoms with Crippen molar-refractivity contribution < 1.29 is 0 Å². The van der Waals surface area contributed by atoms with E-state index in [0.717, 1.165) is 45.0 Å². The lowest BCUT2D eigenvalue weighted by atomic mass is 10.0. The van der Waals surface area contributed by atoms with E-state index in [1.807, 2.05) is 4.68 Å². The summed E-state index contributed by atoms with van der Waals surface area (Å²) in [7, 11) is 0. The molecule has 3 aromatic rings. The van der Waals surface area contributed by atoms with Gasteiger partial charge in [0.2, 0.25) is 0 Å². The fourth-order valence-electron chi connectivity index (χ4n) is 3.88. The Kier molecular flexibility index (Phi) is 6.08. The van der Waals surface area contributed by atoms with Crippen molar-refractivity contribution in [1.82, 2.24) is 30.0 Å². The number of aromatic nitrogens is 4. The average molecular weight is 411 g/mol. The summed E-state index contributed by atoms with van der Waals surface area (Å²) >= 11 is 1.79. The lowest BCUT2D eigenvalue weighted by molar-refractivity contribution is 0.0984. The summed E-state index contributed by atoms with van der Waals surface area (Å²) in [6.07, 6.45) is 0.979. The molecule has 1 fully saturated rings. The summed E-state index contributed by atoms with van der Waals surface area (Å²) in [4.78, 5) is 6.39. The molecule has 0 N–H and O–H groups in total. The summed E-state index contributed by atoms with van der Waals surface area (Å²) in [6.45, 7) is 11.7. The third kappa shape index (κ3) is 4.42. The van der Waals surface area contributed by atoms with Crippen molar-refractivity contribution in [1.29, 1.82) is 0 Å². The second kappa shape index (κ2) is 8.73. The molecule has 4 rings (SSSR count). The maximum absolute atomic E-state index is 4.50. The van der Waals surface area contributed by atoms with Gasteiger partial charge in [0.25, 0.3) is 0 Å². The number of hydrogen-bond acceptors (Lipinski definition) is 6. The SMILES string of the molecule is CCC(C)(C)n1nnnc1[C@@H](c1cccs1)N1CCN(Cc2ccccc2)CC1. The van der Waals surface area contributed by atoms with E-state index in [9.17, 15) is 0 Å². The standard InChI is InChI=1S/C22H30N6S/c1-4-22(2,3)28-21(23-24-25-28)20(19-11-8-16-29-19)27-14-12-26(13-15-27)17-18-9-6-5-7-10-18/h5-11,16,20H,4,12-15,17H2,1-3H3/t20-/m1/s1. The predicted molar refractivity (Wildman–Crippen MR) is 117 cm³/mol. The van der Waals surface area contributed by atoms with E-state index in [1.165, 1.54) is 10.4 Å². The third-order valence-electron chi connectivity index (χ3n) is 6.01. The van der Waals surface area contributed by atoms with Gasteiger partial charge >= 0.3 is 0 Å². The van der Waals surface area contributed by atoms with E-state index >= 15 is 0 Å². The Balaban J connectivity index is 1.54. The molecular weight excluding hydrogens is 380 g/mol. The van der Waals surface area contributed by atoms with Crippen molar-refractivity contribution in [3.8, 4) is 0 Å². The van der Waals surface area contributed by atoms with Gasteiger partial charge in [-0.25, -0.2) is 4.68 Å². The molecule has 1 aliphatic rings. The van der Waals surface area contributed by atoms with Gasteiger partial charge in [0.1, 0.15) is 6.04 Å². The number of thiophene rings is 1. The maximum atomic E-state index is 4.50. The van der Waals surface area contributed by atoms with Gasteiger partial charge in [0.05, 0.1) is 5.54 Å². The fourth-order valence-corrected chi connectivity index (χ4v) is 4.74. The first kappa shape index (κ1) is 20.2. The molecule has 0 spiro atoms. The van der Waals surface area contributed by atoms with Crippen LogP contribution in [0.5, 0.6) is 0 Å². The zero-order valence-corrected chi connectivity index (χ0v) is 18.3. The summed E-state index contributed by atoms with van der Waals surface area (Å²) < 4.78 is 2.04. The van der Waals surface area contributed by atoms with E-state index in [4.69, 9.17) is 0 Å². The van der Waals surface area contributed by atoms with E-state index < -0.39 is 0 Å². The molecule has 2 aromatic heterocycles. The molecule has 0 aliphatic carbocycles. The Bertz CT molecular complexity index is 881. The van der Waals surface area contributed by atoms with Gasteiger partial charge in [0, 0.05) is 37.6 Å². The Hall–Kier alpha value is -2.09. The number of piperazine rings is 1. The van der Waals surface area contributed by atoms with Crippen LogP contribution in [0, 0.1) is 0 Å². The van der Waals surface area contributed by atoms with Crippen molar-refractivity contribution in [2.24, 2.45) is 0 Å². The lowest BCUT2D eigenvalue weighted by Crippen LogP contribution is -2.48. The minimum atomic E-state index is -0.108. The van der Waals surface area contributed by atoms with E-state index in [1.54, 1.807) is 11.3 Å². The third-order valence-corrected chi connectivity index (χ3v) is 6.94. The van der Waals surface area contributed by atoms with Crippen molar-refractivity contribution >= 4 is 11.3 Å². The van der Waals surface area contributed by atoms with Crippen LogP contribution in [0.1, 0.15) is 49.5 Å². The molecule has 3 heterocycles. The maximum Gasteiger partial charge on any atom is 0.174 e. The second-order valence-corrected chi connectivity index (χ2v) is 9.31. The number of benzene rings is 1.